The Hall–Kier alpha value is -3.25. The minimum absolute atomic E-state index is 0.0803. The van der Waals surface area contributed by atoms with E-state index in [1.165, 1.54) is 0 Å². The number of nitrogens with zero attached hydrogens (tertiary/aromatic N) is 1. The second-order valence-corrected chi connectivity index (χ2v) is 9.28. The number of fused-ring (bicyclic) bond motifs is 1. The number of carbonyl (C=O) groups is 2. The number of halogens is 6. The van der Waals surface area contributed by atoms with E-state index >= 15 is 0 Å². The fourth-order valence-electron chi connectivity index (χ4n) is 4.28. The smallest absolute Gasteiger partial charge is 0.411 e. The number of carboxylic acids is 1. The number of aliphatic carboxylic acids is 1. The number of alkyl halides is 3. The van der Waals surface area contributed by atoms with Gasteiger partial charge in [0.1, 0.15) is 29.3 Å². The van der Waals surface area contributed by atoms with Gasteiger partial charge >= 0.3 is 12.1 Å². The molecule has 0 saturated carbocycles. The number of amides is 1. The maximum atomic E-state index is 14.9. The van der Waals surface area contributed by atoms with E-state index in [1.54, 1.807) is 30.3 Å². The maximum Gasteiger partial charge on any atom is 0.411 e. The predicted octanol–water partition coefficient (Wildman–Crippen LogP) is 5.07. The lowest BCUT2D eigenvalue weighted by atomic mass is 9.98. The molecule has 0 aliphatic carbocycles. The van der Waals surface area contributed by atoms with E-state index in [0.717, 1.165) is 20.1 Å². The SMILES string of the molecule is O=C(NC(Cc1ccc(Br)c2ccccc12)C(=O)O)c1c(F)cc(N2CCOCC2C(F)(F)F)cc1F. The number of anilines is 1. The topological polar surface area (TPSA) is 78.9 Å². The monoisotopic (exact) mass is 586 g/mol. The van der Waals surface area contributed by atoms with E-state index in [2.05, 4.69) is 21.2 Å². The molecule has 4 rings (SSSR count). The number of nitrogens with one attached hydrogen (secondary N) is 1. The molecule has 0 radical (unpaired) electrons. The molecule has 0 bridgehead atoms. The quantitative estimate of drug-likeness (QED) is 0.394. The van der Waals surface area contributed by atoms with Gasteiger partial charge in [0.05, 0.1) is 13.2 Å². The van der Waals surface area contributed by atoms with Crippen molar-refractivity contribution in [2.45, 2.75) is 24.7 Å². The molecule has 1 aliphatic heterocycles. The van der Waals surface area contributed by atoms with Crippen molar-refractivity contribution in [2.75, 3.05) is 24.7 Å². The van der Waals surface area contributed by atoms with E-state index in [-0.39, 0.29) is 19.6 Å². The third-order valence-electron chi connectivity index (χ3n) is 6.08. The zero-order valence-electron chi connectivity index (χ0n) is 19.0. The molecule has 0 aromatic heterocycles. The predicted molar refractivity (Wildman–Crippen MR) is 129 cm³/mol. The van der Waals surface area contributed by atoms with Gasteiger partial charge in [-0.25, -0.2) is 13.6 Å². The molecule has 1 amide bonds. The molecule has 37 heavy (non-hydrogen) atoms. The normalized spacial score (nSPS) is 17.0. The Kier molecular flexibility index (Phi) is 7.69. The van der Waals surface area contributed by atoms with Crippen LogP contribution in [0.4, 0.5) is 27.6 Å². The molecular formula is C25H20BrF5N2O4. The van der Waals surface area contributed by atoms with Gasteiger partial charge in [0.15, 0.2) is 0 Å². The van der Waals surface area contributed by atoms with Gasteiger partial charge in [0.25, 0.3) is 5.91 Å². The van der Waals surface area contributed by atoms with Crippen LogP contribution in [0.15, 0.2) is 53.0 Å². The summed E-state index contributed by atoms with van der Waals surface area (Å²) in [5.74, 6) is -5.61. The van der Waals surface area contributed by atoms with Crippen molar-refractivity contribution in [1.29, 1.82) is 0 Å². The number of carboxylic acid groups (broad SMARTS) is 1. The molecule has 196 valence electrons. The van der Waals surface area contributed by atoms with Gasteiger partial charge < -0.3 is 20.1 Å². The highest BCUT2D eigenvalue weighted by Crippen LogP contribution is 2.33. The molecule has 3 aromatic carbocycles. The highest BCUT2D eigenvalue weighted by atomic mass is 79.9. The fourth-order valence-corrected chi connectivity index (χ4v) is 4.76. The molecular weight excluding hydrogens is 567 g/mol. The average molecular weight is 587 g/mol. The summed E-state index contributed by atoms with van der Waals surface area (Å²) in [5.41, 5.74) is -0.922. The van der Waals surface area contributed by atoms with Crippen molar-refractivity contribution in [3.8, 4) is 0 Å². The first-order valence-corrected chi connectivity index (χ1v) is 11.9. The highest BCUT2D eigenvalue weighted by molar-refractivity contribution is 9.10. The van der Waals surface area contributed by atoms with Gasteiger partial charge in [-0.05, 0) is 34.5 Å². The Labute approximate surface area is 216 Å². The Bertz CT molecular complexity index is 1330. The van der Waals surface area contributed by atoms with E-state index in [9.17, 15) is 36.6 Å². The third-order valence-corrected chi connectivity index (χ3v) is 6.77. The lowest BCUT2D eigenvalue weighted by Crippen LogP contribution is -2.53. The average Bonchev–Trinajstić information content (AvgIpc) is 2.84. The van der Waals surface area contributed by atoms with Gasteiger partial charge in [-0.3, -0.25) is 4.79 Å². The maximum absolute atomic E-state index is 14.9. The van der Waals surface area contributed by atoms with Crippen LogP contribution < -0.4 is 10.2 Å². The molecule has 2 N–H and O–H groups in total. The van der Waals surface area contributed by atoms with Crippen molar-refractivity contribution in [3.63, 3.8) is 0 Å². The first kappa shape index (κ1) is 26.8. The molecule has 1 fully saturated rings. The van der Waals surface area contributed by atoms with Crippen LogP contribution in [0.1, 0.15) is 15.9 Å². The Morgan fingerprint density at radius 3 is 2.38 bits per heavy atom. The molecule has 1 heterocycles. The van der Waals surface area contributed by atoms with Crippen molar-refractivity contribution in [3.05, 3.63) is 75.8 Å². The molecule has 6 nitrogen and oxygen atoms in total. The van der Waals surface area contributed by atoms with Crippen LogP contribution in [0, 0.1) is 11.6 Å². The Morgan fingerprint density at radius 1 is 1.11 bits per heavy atom. The largest absolute Gasteiger partial charge is 0.480 e. The number of hydrogen-bond acceptors (Lipinski definition) is 4. The van der Waals surface area contributed by atoms with E-state index < -0.39 is 59.6 Å². The first-order valence-electron chi connectivity index (χ1n) is 11.1. The Balaban J connectivity index is 1.59. The van der Waals surface area contributed by atoms with E-state index in [0.29, 0.717) is 17.7 Å². The number of carbonyl (C=O) groups excluding carboxylic acids is 1. The van der Waals surface area contributed by atoms with Crippen molar-refractivity contribution in [2.24, 2.45) is 0 Å². The van der Waals surface area contributed by atoms with Crippen LogP contribution in [-0.4, -0.2) is 55.0 Å². The highest BCUT2D eigenvalue weighted by Gasteiger charge is 2.45. The number of ether oxygens (including phenoxy) is 1. The lowest BCUT2D eigenvalue weighted by Gasteiger charge is -2.38. The van der Waals surface area contributed by atoms with Gasteiger partial charge in [-0.15, -0.1) is 0 Å². The van der Waals surface area contributed by atoms with Crippen LogP contribution >= 0.6 is 15.9 Å². The van der Waals surface area contributed by atoms with Crippen LogP contribution in [0.5, 0.6) is 0 Å². The molecule has 3 aromatic rings. The second-order valence-electron chi connectivity index (χ2n) is 8.43. The lowest BCUT2D eigenvalue weighted by molar-refractivity contribution is -0.167. The van der Waals surface area contributed by atoms with E-state index in [1.807, 2.05) is 6.07 Å². The fraction of sp³-hybridized carbons (Fsp3) is 0.280. The summed E-state index contributed by atoms with van der Waals surface area (Å²) < 4.78 is 75.5. The zero-order chi connectivity index (χ0) is 26.9. The standard InChI is InChI=1S/C25H20BrF5N2O4/c26-17-6-5-13(15-3-1-2-4-16(15)17)9-20(24(35)36)32-23(34)22-18(27)10-14(11-19(22)28)33-7-8-37-12-21(33)25(29,30)31/h1-6,10-11,20-21H,7-9,12H2,(H,32,34)(H,35,36). The summed E-state index contributed by atoms with van der Waals surface area (Å²) in [5, 5.41) is 13.3. The summed E-state index contributed by atoms with van der Waals surface area (Å²) >= 11 is 3.42. The van der Waals surface area contributed by atoms with Crippen molar-refractivity contribution >= 4 is 44.3 Å². The van der Waals surface area contributed by atoms with Gasteiger partial charge in [0, 0.05) is 23.1 Å². The summed E-state index contributed by atoms with van der Waals surface area (Å²) in [7, 11) is 0. The summed E-state index contributed by atoms with van der Waals surface area (Å²) in [4.78, 5) is 25.4. The van der Waals surface area contributed by atoms with Crippen LogP contribution in [-0.2, 0) is 16.0 Å². The molecule has 2 unspecified atom stereocenters. The minimum Gasteiger partial charge on any atom is -0.480 e. The number of hydrogen-bond donors (Lipinski definition) is 2. The first-order chi connectivity index (χ1) is 17.5. The molecule has 2 atom stereocenters. The van der Waals surface area contributed by atoms with Crippen LogP contribution in [0.25, 0.3) is 10.8 Å². The number of benzene rings is 3. The molecule has 1 saturated heterocycles. The van der Waals surface area contributed by atoms with Crippen molar-refractivity contribution in [1.82, 2.24) is 5.32 Å². The van der Waals surface area contributed by atoms with Crippen LogP contribution in [0.2, 0.25) is 0 Å². The summed E-state index contributed by atoms with van der Waals surface area (Å²) in [6.07, 6.45) is -4.90. The van der Waals surface area contributed by atoms with Gasteiger partial charge in [-0.2, -0.15) is 13.2 Å². The van der Waals surface area contributed by atoms with Gasteiger partial charge in [0.2, 0.25) is 0 Å². The molecule has 12 heteroatoms. The summed E-state index contributed by atoms with van der Waals surface area (Å²) in [6.45, 7) is -1.06. The van der Waals surface area contributed by atoms with Gasteiger partial charge in [-0.1, -0.05) is 46.3 Å². The molecule has 1 aliphatic rings. The Morgan fingerprint density at radius 2 is 1.76 bits per heavy atom. The number of morpholine rings is 1. The third kappa shape index (κ3) is 5.69. The van der Waals surface area contributed by atoms with Crippen LogP contribution in [0.3, 0.4) is 0 Å². The van der Waals surface area contributed by atoms with Crippen molar-refractivity contribution < 1.29 is 41.4 Å². The second kappa shape index (κ2) is 10.6. The number of rotatable bonds is 6. The summed E-state index contributed by atoms with van der Waals surface area (Å²) in [6, 6.07) is 8.14. The zero-order valence-corrected chi connectivity index (χ0v) is 20.6. The minimum atomic E-state index is -4.71. The molecule has 0 spiro atoms. The van der Waals surface area contributed by atoms with E-state index in [4.69, 9.17) is 4.74 Å².